The van der Waals surface area contributed by atoms with Crippen molar-refractivity contribution in [3.8, 4) is 0 Å². The number of nitrogens with two attached hydrogens (primary N) is 1. The second-order valence-electron chi connectivity index (χ2n) is 4.67. The summed E-state index contributed by atoms with van der Waals surface area (Å²) in [5, 5.41) is 0. The van der Waals surface area contributed by atoms with Gasteiger partial charge >= 0.3 is 5.97 Å². The summed E-state index contributed by atoms with van der Waals surface area (Å²) in [7, 11) is 0. The Kier molecular flexibility index (Phi) is 6.52. The number of esters is 1. The molecule has 0 radical (unpaired) electrons. The molecule has 0 heterocycles. The van der Waals surface area contributed by atoms with Crippen LogP contribution >= 0.6 is 0 Å². The summed E-state index contributed by atoms with van der Waals surface area (Å²) < 4.78 is 10.7. The fourth-order valence-electron chi connectivity index (χ4n) is 2.47. The van der Waals surface area contributed by atoms with Crippen LogP contribution < -0.4 is 5.73 Å². The van der Waals surface area contributed by atoms with Gasteiger partial charge in [-0.05, 0) is 44.6 Å². The lowest BCUT2D eigenvalue weighted by Gasteiger charge is -2.21. The zero-order valence-corrected chi connectivity index (χ0v) is 11.0. The Morgan fingerprint density at radius 2 is 2.06 bits per heavy atom. The van der Waals surface area contributed by atoms with Gasteiger partial charge in [0.15, 0.2) is 6.10 Å². The third-order valence-electron chi connectivity index (χ3n) is 3.55. The minimum atomic E-state index is -0.408. The topological polar surface area (TPSA) is 61.5 Å². The molecule has 4 nitrogen and oxygen atoms in total. The smallest absolute Gasteiger partial charge is 0.335 e. The molecular formula is C13H25NO3. The molecule has 3 unspecified atom stereocenters. The molecule has 4 heteroatoms. The van der Waals surface area contributed by atoms with Crippen LogP contribution in [0.4, 0.5) is 0 Å². The third-order valence-corrected chi connectivity index (χ3v) is 3.55. The van der Waals surface area contributed by atoms with Crippen LogP contribution in [0.1, 0.15) is 39.5 Å². The summed E-state index contributed by atoms with van der Waals surface area (Å²) in [6.45, 7) is 5.53. The Bertz CT molecular complexity index is 233. The van der Waals surface area contributed by atoms with Gasteiger partial charge in [-0.25, -0.2) is 4.79 Å². The Morgan fingerprint density at radius 1 is 1.35 bits per heavy atom. The average Bonchev–Trinajstić information content (AvgIpc) is 2.77. The molecule has 2 N–H and O–H groups in total. The van der Waals surface area contributed by atoms with E-state index in [1.54, 1.807) is 0 Å². The van der Waals surface area contributed by atoms with Crippen LogP contribution in [-0.2, 0) is 14.3 Å². The predicted molar refractivity (Wildman–Crippen MR) is 66.5 cm³/mol. The van der Waals surface area contributed by atoms with Crippen LogP contribution in [-0.4, -0.2) is 31.8 Å². The van der Waals surface area contributed by atoms with Crippen molar-refractivity contribution in [2.45, 2.75) is 45.6 Å². The number of carbonyl (C=O) groups is 1. The van der Waals surface area contributed by atoms with Gasteiger partial charge in [-0.15, -0.1) is 0 Å². The molecule has 0 amide bonds. The molecule has 1 aliphatic carbocycles. The van der Waals surface area contributed by atoms with Crippen LogP contribution in [0.5, 0.6) is 0 Å². The fourth-order valence-corrected chi connectivity index (χ4v) is 2.47. The SMILES string of the molecule is CCOC(=O)C(CC)OCC1CCCC1CN. The summed E-state index contributed by atoms with van der Waals surface area (Å²) in [4.78, 5) is 11.6. The quantitative estimate of drug-likeness (QED) is 0.692. The molecular weight excluding hydrogens is 218 g/mol. The highest BCUT2D eigenvalue weighted by atomic mass is 16.6. The van der Waals surface area contributed by atoms with Crippen molar-refractivity contribution < 1.29 is 14.3 Å². The van der Waals surface area contributed by atoms with Crippen molar-refractivity contribution in [1.29, 1.82) is 0 Å². The van der Waals surface area contributed by atoms with E-state index in [9.17, 15) is 4.79 Å². The Hall–Kier alpha value is -0.610. The lowest BCUT2D eigenvalue weighted by Crippen LogP contribution is -2.30. The van der Waals surface area contributed by atoms with Gasteiger partial charge in [0.25, 0.3) is 0 Å². The summed E-state index contributed by atoms with van der Waals surface area (Å²) >= 11 is 0. The second kappa shape index (κ2) is 7.67. The summed E-state index contributed by atoms with van der Waals surface area (Å²) in [6, 6.07) is 0. The zero-order valence-electron chi connectivity index (χ0n) is 11.0. The predicted octanol–water partition coefficient (Wildman–Crippen LogP) is 1.72. The van der Waals surface area contributed by atoms with Crippen molar-refractivity contribution >= 4 is 5.97 Å². The van der Waals surface area contributed by atoms with E-state index in [0.29, 0.717) is 31.5 Å². The van der Waals surface area contributed by atoms with E-state index in [1.807, 2.05) is 13.8 Å². The maximum atomic E-state index is 11.6. The standard InChI is InChI=1S/C13H25NO3/c1-3-12(13(15)16-4-2)17-9-11-7-5-6-10(11)8-14/h10-12H,3-9,14H2,1-2H3. The van der Waals surface area contributed by atoms with E-state index in [2.05, 4.69) is 0 Å². The lowest BCUT2D eigenvalue weighted by atomic mass is 9.97. The molecule has 0 aromatic carbocycles. The normalized spacial score (nSPS) is 25.8. The number of carbonyl (C=O) groups excluding carboxylic acids is 1. The number of ether oxygens (including phenoxy) is 2. The van der Waals surface area contributed by atoms with Gasteiger partial charge in [0, 0.05) is 0 Å². The maximum Gasteiger partial charge on any atom is 0.335 e. The average molecular weight is 243 g/mol. The third kappa shape index (κ3) is 4.28. The van der Waals surface area contributed by atoms with E-state index < -0.39 is 6.10 Å². The van der Waals surface area contributed by atoms with Crippen molar-refractivity contribution in [2.75, 3.05) is 19.8 Å². The van der Waals surface area contributed by atoms with E-state index in [0.717, 1.165) is 6.54 Å². The van der Waals surface area contributed by atoms with Gasteiger partial charge < -0.3 is 15.2 Å². The van der Waals surface area contributed by atoms with E-state index >= 15 is 0 Å². The first-order chi connectivity index (χ1) is 8.22. The molecule has 3 atom stereocenters. The minimum Gasteiger partial charge on any atom is -0.464 e. The fraction of sp³-hybridized carbons (Fsp3) is 0.923. The first-order valence-electron chi connectivity index (χ1n) is 6.71. The minimum absolute atomic E-state index is 0.239. The second-order valence-corrected chi connectivity index (χ2v) is 4.67. The van der Waals surface area contributed by atoms with Crippen LogP contribution in [0, 0.1) is 11.8 Å². The number of hydrogen-bond donors (Lipinski definition) is 1. The summed E-state index contributed by atoms with van der Waals surface area (Å²) in [5.41, 5.74) is 5.72. The highest BCUT2D eigenvalue weighted by Gasteiger charge is 2.28. The molecule has 0 saturated heterocycles. The molecule has 0 aliphatic heterocycles. The summed E-state index contributed by atoms with van der Waals surface area (Å²) in [5.74, 6) is 0.843. The van der Waals surface area contributed by atoms with Crippen molar-refractivity contribution in [1.82, 2.24) is 0 Å². The highest BCUT2D eigenvalue weighted by molar-refractivity contribution is 5.74. The van der Waals surface area contributed by atoms with Crippen molar-refractivity contribution in [3.63, 3.8) is 0 Å². The zero-order chi connectivity index (χ0) is 12.7. The van der Waals surface area contributed by atoms with Crippen LogP contribution in [0.3, 0.4) is 0 Å². The van der Waals surface area contributed by atoms with Crippen LogP contribution in [0.25, 0.3) is 0 Å². The molecule has 100 valence electrons. The van der Waals surface area contributed by atoms with Crippen molar-refractivity contribution in [2.24, 2.45) is 17.6 Å². The van der Waals surface area contributed by atoms with Gasteiger partial charge in [-0.3, -0.25) is 0 Å². The molecule has 17 heavy (non-hydrogen) atoms. The van der Waals surface area contributed by atoms with Crippen molar-refractivity contribution in [3.05, 3.63) is 0 Å². The molecule has 1 saturated carbocycles. The summed E-state index contributed by atoms with van der Waals surface area (Å²) in [6.07, 6.45) is 3.85. The van der Waals surface area contributed by atoms with Crippen LogP contribution in [0.2, 0.25) is 0 Å². The monoisotopic (exact) mass is 243 g/mol. The Labute approximate surface area is 104 Å². The van der Waals surface area contributed by atoms with Gasteiger partial charge in [-0.2, -0.15) is 0 Å². The van der Waals surface area contributed by atoms with E-state index in [1.165, 1.54) is 19.3 Å². The molecule has 0 aromatic heterocycles. The molecule has 0 aromatic rings. The molecule has 0 bridgehead atoms. The van der Waals surface area contributed by atoms with Gasteiger partial charge in [0.05, 0.1) is 13.2 Å². The van der Waals surface area contributed by atoms with Gasteiger partial charge in [-0.1, -0.05) is 13.3 Å². The Balaban J connectivity index is 2.34. The van der Waals surface area contributed by atoms with Gasteiger partial charge in [0.1, 0.15) is 0 Å². The molecule has 0 spiro atoms. The Morgan fingerprint density at radius 3 is 2.65 bits per heavy atom. The first kappa shape index (κ1) is 14.5. The highest BCUT2D eigenvalue weighted by Crippen LogP contribution is 2.31. The molecule has 1 fully saturated rings. The van der Waals surface area contributed by atoms with E-state index in [-0.39, 0.29) is 5.97 Å². The van der Waals surface area contributed by atoms with E-state index in [4.69, 9.17) is 15.2 Å². The van der Waals surface area contributed by atoms with Crippen LogP contribution in [0.15, 0.2) is 0 Å². The molecule has 1 rings (SSSR count). The largest absolute Gasteiger partial charge is 0.464 e. The van der Waals surface area contributed by atoms with Gasteiger partial charge in [0.2, 0.25) is 0 Å². The lowest BCUT2D eigenvalue weighted by molar-refractivity contribution is -0.158. The number of rotatable bonds is 7. The maximum absolute atomic E-state index is 11.6. The first-order valence-corrected chi connectivity index (χ1v) is 6.71. The molecule has 1 aliphatic rings. The number of hydrogen-bond acceptors (Lipinski definition) is 4.